The minimum Gasteiger partial charge on any atom is -0.481 e. The molecule has 1 heterocycles. The molecule has 5 heteroatoms. The summed E-state index contributed by atoms with van der Waals surface area (Å²) in [4.78, 5) is 27.5. The van der Waals surface area contributed by atoms with Crippen LogP contribution in [0.25, 0.3) is 0 Å². The number of carbonyl (C=O) groups is 2. The number of nitrogens with zero attached hydrogens (tertiary/aromatic N) is 2. The second-order valence-corrected chi connectivity index (χ2v) is 6.45. The van der Waals surface area contributed by atoms with Gasteiger partial charge in [0.05, 0.1) is 5.92 Å². The molecular weight excluding hydrogens is 292 g/mol. The number of hydrogen-bond acceptors (Lipinski definition) is 3. The zero-order valence-electron chi connectivity index (χ0n) is 14.2. The molecule has 0 saturated carbocycles. The maximum Gasteiger partial charge on any atom is 0.308 e. The number of hydrogen-bond donors (Lipinski definition) is 1. The zero-order valence-corrected chi connectivity index (χ0v) is 14.2. The lowest BCUT2D eigenvalue weighted by Gasteiger charge is -2.20. The monoisotopic (exact) mass is 318 g/mol. The maximum absolute atomic E-state index is 12.5. The molecular formula is C18H26N2O3. The summed E-state index contributed by atoms with van der Waals surface area (Å²) in [5, 5.41) is 9.18. The predicted molar refractivity (Wildman–Crippen MR) is 90.8 cm³/mol. The van der Waals surface area contributed by atoms with Crippen molar-refractivity contribution >= 4 is 17.6 Å². The molecule has 1 aliphatic rings. The van der Waals surface area contributed by atoms with Crippen LogP contribution in [-0.4, -0.2) is 48.6 Å². The Labute approximate surface area is 137 Å². The van der Waals surface area contributed by atoms with Crippen molar-refractivity contribution in [3.05, 3.63) is 29.8 Å². The summed E-state index contributed by atoms with van der Waals surface area (Å²) in [5.74, 6) is -1.36. The first-order valence-corrected chi connectivity index (χ1v) is 8.27. The zero-order chi connectivity index (χ0) is 17.0. The Kier molecular flexibility index (Phi) is 5.64. The van der Waals surface area contributed by atoms with Gasteiger partial charge >= 0.3 is 5.97 Å². The third-order valence-electron chi connectivity index (χ3n) is 4.62. The third-order valence-corrected chi connectivity index (χ3v) is 4.62. The van der Waals surface area contributed by atoms with E-state index in [4.69, 9.17) is 0 Å². The van der Waals surface area contributed by atoms with Gasteiger partial charge < -0.3 is 14.9 Å². The lowest BCUT2D eigenvalue weighted by atomic mass is 9.99. The Balaban J connectivity index is 2.02. The number of aliphatic carboxylic acids is 1. The molecule has 0 radical (unpaired) electrons. The molecule has 0 unspecified atom stereocenters. The molecule has 1 N–H and O–H groups in total. The van der Waals surface area contributed by atoms with E-state index in [1.807, 2.05) is 38.2 Å². The fourth-order valence-electron chi connectivity index (χ4n) is 3.02. The van der Waals surface area contributed by atoms with Gasteiger partial charge in [-0.2, -0.15) is 0 Å². The average Bonchev–Trinajstić information content (AvgIpc) is 2.94. The second kappa shape index (κ2) is 7.49. The molecule has 126 valence electrons. The van der Waals surface area contributed by atoms with Gasteiger partial charge in [0.15, 0.2) is 0 Å². The van der Waals surface area contributed by atoms with Gasteiger partial charge in [-0.15, -0.1) is 0 Å². The summed E-state index contributed by atoms with van der Waals surface area (Å²) in [5.41, 5.74) is 1.71. The van der Waals surface area contributed by atoms with E-state index < -0.39 is 11.9 Å². The van der Waals surface area contributed by atoms with Gasteiger partial charge in [0.2, 0.25) is 0 Å². The largest absolute Gasteiger partial charge is 0.481 e. The van der Waals surface area contributed by atoms with Gasteiger partial charge in [-0.3, -0.25) is 9.59 Å². The summed E-state index contributed by atoms with van der Waals surface area (Å²) in [6.45, 7) is 5.85. The fourth-order valence-corrected chi connectivity index (χ4v) is 3.02. The third kappa shape index (κ3) is 4.03. The van der Waals surface area contributed by atoms with Crippen LogP contribution >= 0.6 is 0 Å². The van der Waals surface area contributed by atoms with Crippen molar-refractivity contribution in [2.75, 3.05) is 31.6 Å². The van der Waals surface area contributed by atoms with Crippen molar-refractivity contribution in [2.45, 2.75) is 26.7 Å². The second-order valence-electron chi connectivity index (χ2n) is 6.45. The average molecular weight is 318 g/mol. The lowest BCUT2D eigenvalue weighted by Crippen LogP contribution is -2.30. The Bertz CT molecular complexity index is 556. The van der Waals surface area contributed by atoms with Gasteiger partial charge in [0.25, 0.3) is 5.91 Å². The summed E-state index contributed by atoms with van der Waals surface area (Å²) < 4.78 is 0. The first-order valence-electron chi connectivity index (χ1n) is 8.27. The Morgan fingerprint density at radius 1 is 1.26 bits per heavy atom. The van der Waals surface area contributed by atoms with E-state index in [0.717, 1.165) is 25.1 Å². The quantitative estimate of drug-likeness (QED) is 0.876. The van der Waals surface area contributed by atoms with Crippen LogP contribution in [0.1, 0.15) is 37.0 Å². The number of amides is 1. The molecule has 1 aromatic rings. The minimum absolute atomic E-state index is 0.00380. The Morgan fingerprint density at radius 2 is 1.91 bits per heavy atom. The first kappa shape index (κ1) is 17.3. The molecule has 0 aliphatic carbocycles. The van der Waals surface area contributed by atoms with E-state index >= 15 is 0 Å². The molecule has 0 bridgehead atoms. The number of unbranched alkanes of at least 4 members (excludes halogenated alkanes) is 1. The van der Waals surface area contributed by atoms with Gasteiger partial charge in [0.1, 0.15) is 0 Å². The van der Waals surface area contributed by atoms with E-state index in [0.29, 0.717) is 18.7 Å². The fraction of sp³-hybridized carbons (Fsp3) is 0.556. The minimum atomic E-state index is -0.819. The van der Waals surface area contributed by atoms with E-state index in [2.05, 4.69) is 11.8 Å². The molecule has 1 aromatic carbocycles. The van der Waals surface area contributed by atoms with Crippen molar-refractivity contribution in [1.29, 1.82) is 0 Å². The van der Waals surface area contributed by atoms with Crippen LogP contribution < -0.4 is 4.90 Å². The number of benzene rings is 1. The Morgan fingerprint density at radius 3 is 2.43 bits per heavy atom. The molecule has 0 aromatic heterocycles. The summed E-state index contributed by atoms with van der Waals surface area (Å²) in [7, 11) is 2.05. The first-order chi connectivity index (χ1) is 10.9. The molecule has 1 fully saturated rings. The van der Waals surface area contributed by atoms with E-state index in [1.54, 1.807) is 4.90 Å². The van der Waals surface area contributed by atoms with Crippen LogP contribution in [0.3, 0.4) is 0 Å². The van der Waals surface area contributed by atoms with Gasteiger partial charge in [0, 0.05) is 37.9 Å². The molecule has 23 heavy (non-hydrogen) atoms. The van der Waals surface area contributed by atoms with Crippen LogP contribution in [0.5, 0.6) is 0 Å². The summed E-state index contributed by atoms with van der Waals surface area (Å²) in [6.07, 6.45) is 2.29. The van der Waals surface area contributed by atoms with E-state index in [9.17, 15) is 14.7 Å². The highest BCUT2D eigenvalue weighted by Crippen LogP contribution is 2.25. The van der Waals surface area contributed by atoms with Crippen molar-refractivity contribution in [1.82, 2.24) is 4.90 Å². The van der Waals surface area contributed by atoms with Crippen LogP contribution in [0.2, 0.25) is 0 Å². The van der Waals surface area contributed by atoms with Crippen LogP contribution in [0.4, 0.5) is 5.69 Å². The molecule has 0 spiro atoms. The molecule has 1 saturated heterocycles. The number of likely N-dealkylation sites (tertiary alicyclic amines) is 1. The SMILES string of the molecule is CCCCN(C)c1ccc(C(=O)N2C[C@@H](C)[C@H](C(=O)O)C2)cc1. The number of carbonyl (C=O) groups excluding carboxylic acids is 1. The molecule has 5 nitrogen and oxygen atoms in total. The number of anilines is 1. The van der Waals surface area contributed by atoms with Crippen molar-refractivity contribution < 1.29 is 14.7 Å². The topological polar surface area (TPSA) is 60.9 Å². The Hall–Kier alpha value is -2.04. The van der Waals surface area contributed by atoms with Crippen molar-refractivity contribution in [3.8, 4) is 0 Å². The van der Waals surface area contributed by atoms with Gasteiger partial charge in [-0.1, -0.05) is 20.3 Å². The van der Waals surface area contributed by atoms with Crippen molar-refractivity contribution in [3.63, 3.8) is 0 Å². The number of rotatable bonds is 6. The smallest absolute Gasteiger partial charge is 0.308 e. The summed E-state index contributed by atoms with van der Waals surface area (Å²) >= 11 is 0. The highest BCUT2D eigenvalue weighted by Gasteiger charge is 2.37. The normalized spacial score (nSPS) is 20.6. The van der Waals surface area contributed by atoms with E-state index in [-0.39, 0.29) is 11.8 Å². The van der Waals surface area contributed by atoms with Gasteiger partial charge in [-0.25, -0.2) is 0 Å². The number of carboxylic acid groups (broad SMARTS) is 1. The predicted octanol–water partition coefficient (Wildman–Crippen LogP) is 2.72. The van der Waals surface area contributed by atoms with Crippen LogP contribution in [0.15, 0.2) is 24.3 Å². The lowest BCUT2D eigenvalue weighted by molar-refractivity contribution is -0.142. The maximum atomic E-state index is 12.5. The molecule has 2 rings (SSSR count). The van der Waals surface area contributed by atoms with Crippen LogP contribution in [0, 0.1) is 11.8 Å². The highest BCUT2D eigenvalue weighted by atomic mass is 16.4. The standard InChI is InChI=1S/C18H26N2O3/c1-4-5-10-19(3)15-8-6-14(7-9-15)17(21)20-11-13(2)16(12-20)18(22)23/h6-9,13,16H,4-5,10-12H2,1-3H3,(H,22,23)/t13-,16-/m1/s1. The molecule has 2 atom stereocenters. The van der Waals surface area contributed by atoms with Crippen LogP contribution in [-0.2, 0) is 4.79 Å². The van der Waals surface area contributed by atoms with Crippen molar-refractivity contribution in [2.24, 2.45) is 11.8 Å². The molecule has 1 aliphatic heterocycles. The summed E-state index contributed by atoms with van der Waals surface area (Å²) in [6, 6.07) is 7.58. The number of carboxylic acids is 1. The molecule has 1 amide bonds. The van der Waals surface area contributed by atoms with Gasteiger partial charge in [-0.05, 0) is 36.6 Å². The van der Waals surface area contributed by atoms with E-state index in [1.165, 1.54) is 0 Å². The highest BCUT2D eigenvalue weighted by molar-refractivity contribution is 5.95.